The van der Waals surface area contributed by atoms with Crippen LogP contribution in [0.2, 0.25) is 0 Å². The maximum Gasteiger partial charge on any atom is 0.188 e. The molecule has 0 spiro atoms. The van der Waals surface area contributed by atoms with Crippen molar-refractivity contribution in [3.05, 3.63) is 6.92 Å². The van der Waals surface area contributed by atoms with Gasteiger partial charge in [-0.05, 0) is 6.42 Å². The molecule has 0 aliphatic carbocycles. The summed E-state index contributed by atoms with van der Waals surface area (Å²) in [7, 11) is 1.80. The van der Waals surface area contributed by atoms with Gasteiger partial charge in [-0.2, -0.15) is 0 Å². The van der Waals surface area contributed by atoms with Crippen LogP contribution in [0.3, 0.4) is 0 Å². The van der Waals surface area contributed by atoms with Crippen LogP contribution >= 0.6 is 0 Å². The van der Waals surface area contributed by atoms with Crippen LogP contribution in [0.15, 0.2) is 0 Å². The number of hydrogen-bond donors (Lipinski definition) is 2. The van der Waals surface area contributed by atoms with Crippen molar-refractivity contribution in [1.82, 2.24) is 4.90 Å². The molecule has 0 heterocycles. The molecule has 53 valence electrons. The molecule has 0 amide bonds. The number of nitrogens with zero attached hydrogens (tertiary/aromatic N) is 1. The van der Waals surface area contributed by atoms with Gasteiger partial charge in [-0.25, -0.2) is 0 Å². The van der Waals surface area contributed by atoms with Crippen LogP contribution in [0.4, 0.5) is 0 Å². The van der Waals surface area contributed by atoms with E-state index in [0.29, 0.717) is 0 Å². The summed E-state index contributed by atoms with van der Waals surface area (Å²) >= 11 is 0. The van der Waals surface area contributed by atoms with Gasteiger partial charge in [-0.3, -0.25) is 5.41 Å². The zero-order valence-corrected chi connectivity index (χ0v) is 5.85. The first-order valence-corrected chi connectivity index (χ1v) is 3.03. The van der Waals surface area contributed by atoms with Gasteiger partial charge < -0.3 is 10.6 Å². The van der Waals surface area contributed by atoms with Crippen LogP contribution in [0, 0.1) is 12.3 Å². The van der Waals surface area contributed by atoms with E-state index < -0.39 is 0 Å². The molecule has 0 aromatic rings. The van der Waals surface area contributed by atoms with Crippen LogP contribution in [-0.2, 0) is 0 Å². The molecule has 0 aliphatic heterocycles. The van der Waals surface area contributed by atoms with Crippen molar-refractivity contribution in [2.75, 3.05) is 13.6 Å². The molecule has 0 bridgehead atoms. The van der Waals surface area contributed by atoms with Crippen molar-refractivity contribution in [2.24, 2.45) is 5.73 Å². The lowest BCUT2D eigenvalue weighted by molar-refractivity contribution is 0.482. The molecule has 0 aromatic heterocycles. The normalized spacial score (nSPS) is 9.11. The topological polar surface area (TPSA) is 53.1 Å². The molecule has 0 saturated heterocycles. The second-order valence-electron chi connectivity index (χ2n) is 2.01. The van der Waals surface area contributed by atoms with E-state index in [1.807, 2.05) is 0 Å². The second-order valence-corrected chi connectivity index (χ2v) is 2.01. The Labute approximate surface area is 56.3 Å². The Hall–Kier alpha value is -0.730. The van der Waals surface area contributed by atoms with E-state index in [1.54, 1.807) is 11.9 Å². The van der Waals surface area contributed by atoms with Gasteiger partial charge in [0, 0.05) is 13.6 Å². The summed E-state index contributed by atoms with van der Waals surface area (Å²) in [5.74, 6) is 0.128. The van der Waals surface area contributed by atoms with E-state index in [2.05, 4.69) is 6.92 Å². The van der Waals surface area contributed by atoms with Gasteiger partial charge in [-0.1, -0.05) is 13.3 Å². The largest absolute Gasteiger partial charge is 0.370 e. The molecule has 3 nitrogen and oxygen atoms in total. The Morgan fingerprint density at radius 1 is 1.78 bits per heavy atom. The average molecular weight is 128 g/mol. The smallest absolute Gasteiger partial charge is 0.188 e. The highest BCUT2D eigenvalue weighted by molar-refractivity contribution is 5.74. The van der Waals surface area contributed by atoms with E-state index in [1.165, 1.54) is 0 Å². The molecular formula is C6H14N3. The number of nitrogens with one attached hydrogen (secondary N) is 1. The van der Waals surface area contributed by atoms with E-state index in [-0.39, 0.29) is 5.96 Å². The summed E-state index contributed by atoms with van der Waals surface area (Å²) in [5.41, 5.74) is 5.17. The molecule has 9 heavy (non-hydrogen) atoms. The third kappa shape index (κ3) is 3.82. The fourth-order valence-electron chi connectivity index (χ4n) is 0.469. The lowest BCUT2D eigenvalue weighted by Gasteiger charge is -2.14. The fraction of sp³-hybridized carbons (Fsp3) is 0.667. The zero-order valence-electron chi connectivity index (χ0n) is 5.85. The summed E-state index contributed by atoms with van der Waals surface area (Å²) in [6, 6.07) is 0. The van der Waals surface area contributed by atoms with Gasteiger partial charge in [0.15, 0.2) is 5.96 Å². The van der Waals surface area contributed by atoms with Gasteiger partial charge in [0.2, 0.25) is 0 Å². The Kier molecular flexibility index (Phi) is 3.84. The third-order valence-electron chi connectivity index (χ3n) is 1.15. The molecule has 3 heteroatoms. The van der Waals surface area contributed by atoms with Gasteiger partial charge in [0.25, 0.3) is 0 Å². The number of rotatable bonds is 3. The summed E-state index contributed by atoms with van der Waals surface area (Å²) in [4.78, 5) is 1.70. The van der Waals surface area contributed by atoms with E-state index >= 15 is 0 Å². The van der Waals surface area contributed by atoms with Crippen LogP contribution in [0.25, 0.3) is 0 Å². The molecule has 1 radical (unpaired) electrons. The van der Waals surface area contributed by atoms with Crippen molar-refractivity contribution < 1.29 is 0 Å². The quantitative estimate of drug-likeness (QED) is 0.427. The number of guanidine groups is 1. The van der Waals surface area contributed by atoms with Gasteiger partial charge in [0.1, 0.15) is 0 Å². The molecule has 0 fully saturated rings. The summed E-state index contributed by atoms with van der Waals surface area (Å²) in [5, 5.41) is 6.96. The molecule has 0 unspecified atom stereocenters. The molecule has 0 aromatic carbocycles. The Bertz CT molecular complexity index is 90.3. The molecule has 0 atom stereocenters. The highest BCUT2D eigenvalue weighted by Crippen LogP contribution is 1.88. The molecule has 0 saturated carbocycles. The van der Waals surface area contributed by atoms with Crippen molar-refractivity contribution in [2.45, 2.75) is 12.8 Å². The van der Waals surface area contributed by atoms with Crippen LogP contribution < -0.4 is 5.73 Å². The predicted octanol–water partition coefficient (Wildman–Crippen LogP) is 0.426. The number of nitrogens with two attached hydrogens (primary N) is 1. The first-order valence-electron chi connectivity index (χ1n) is 3.03. The highest BCUT2D eigenvalue weighted by atomic mass is 15.2. The van der Waals surface area contributed by atoms with Crippen molar-refractivity contribution in [1.29, 1.82) is 5.41 Å². The van der Waals surface area contributed by atoms with E-state index in [9.17, 15) is 0 Å². The van der Waals surface area contributed by atoms with E-state index in [4.69, 9.17) is 11.1 Å². The highest BCUT2D eigenvalue weighted by Gasteiger charge is 1.95. The van der Waals surface area contributed by atoms with Gasteiger partial charge in [0.05, 0.1) is 0 Å². The maximum atomic E-state index is 6.96. The lowest BCUT2D eigenvalue weighted by atomic mass is 10.3. The zero-order chi connectivity index (χ0) is 7.28. The molecule has 3 N–H and O–H groups in total. The summed E-state index contributed by atoms with van der Waals surface area (Å²) in [6.45, 7) is 4.51. The standard InChI is InChI=1S/C6H14N3/c1-3-4-5-9(2)6(7)8/h1,3-5H2,2H3,(H3,7,8). The Morgan fingerprint density at radius 3 is 2.67 bits per heavy atom. The molecule has 0 rings (SSSR count). The minimum Gasteiger partial charge on any atom is -0.370 e. The lowest BCUT2D eigenvalue weighted by Crippen LogP contribution is -2.33. The Morgan fingerprint density at radius 2 is 2.33 bits per heavy atom. The number of hydrogen-bond acceptors (Lipinski definition) is 1. The van der Waals surface area contributed by atoms with Gasteiger partial charge >= 0.3 is 0 Å². The van der Waals surface area contributed by atoms with Gasteiger partial charge in [-0.15, -0.1) is 0 Å². The minimum atomic E-state index is 0.128. The van der Waals surface area contributed by atoms with Crippen molar-refractivity contribution in [3.8, 4) is 0 Å². The Balaban J connectivity index is 3.27. The number of unbranched alkanes of at least 4 members (excludes halogenated alkanes) is 1. The van der Waals surface area contributed by atoms with Crippen LogP contribution in [0.5, 0.6) is 0 Å². The fourth-order valence-corrected chi connectivity index (χ4v) is 0.469. The van der Waals surface area contributed by atoms with Crippen LogP contribution in [-0.4, -0.2) is 24.5 Å². The maximum absolute atomic E-state index is 6.96. The van der Waals surface area contributed by atoms with E-state index in [0.717, 1.165) is 19.4 Å². The first kappa shape index (κ1) is 8.27. The predicted molar refractivity (Wildman–Crippen MR) is 39.1 cm³/mol. The summed E-state index contributed by atoms with van der Waals surface area (Å²) in [6.07, 6.45) is 1.90. The molecule has 0 aliphatic rings. The first-order chi connectivity index (χ1) is 4.18. The third-order valence-corrected chi connectivity index (χ3v) is 1.15. The monoisotopic (exact) mass is 128 g/mol. The summed E-state index contributed by atoms with van der Waals surface area (Å²) < 4.78 is 0. The second kappa shape index (κ2) is 4.18. The molecular weight excluding hydrogens is 114 g/mol. The average Bonchev–Trinajstić information content (AvgIpc) is 1.82. The SMILES string of the molecule is [CH2]CCCN(C)C(=N)N. The minimum absolute atomic E-state index is 0.128. The van der Waals surface area contributed by atoms with Crippen molar-refractivity contribution in [3.63, 3.8) is 0 Å². The van der Waals surface area contributed by atoms with Crippen molar-refractivity contribution >= 4 is 5.96 Å². The van der Waals surface area contributed by atoms with Crippen LogP contribution in [0.1, 0.15) is 12.8 Å².